The highest BCUT2D eigenvalue weighted by atomic mass is 29.6. The molecule has 0 N–H and O–H groups in total. The van der Waals surface area contributed by atoms with E-state index in [1.807, 2.05) is 0 Å². The number of benzene rings is 2. The Balaban J connectivity index is 1.40. The van der Waals surface area contributed by atoms with E-state index >= 15 is 0 Å². The molecule has 0 saturated carbocycles. The van der Waals surface area contributed by atoms with Crippen LogP contribution in [0.2, 0.25) is 6.04 Å². The molecule has 2 heterocycles. The van der Waals surface area contributed by atoms with E-state index in [-0.39, 0.29) is 29.4 Å². The Kier molecular flexibility index (Phi) is 5.84. The van der Waals surface area contributed by atoms with Crippen molar-refractivity contribution in [2.45, 2.75) is 31.4 Å². The second-order valence-electron chi connectivity index (χ2n) is 7.87. The van der Waals surface area contributed by atoms with Gasteiger partial charge in [0.05, 0.1) is 15.2 Å². The summed E-state index contributed by atoms with van der Waals surface area (Å²) >= 11 is 0. The molecule has 0 bridgehead atoms. The molecule has 2 fully saturated rings. The quantitative estimate of drug-likeness (QED) is 0.508. The highest BCUT2D eigenvalue weighted by molar-refractivity contribution is 7.33. The molecule has 7 heteroatoms. The van der Waals surface area contributed by atoms with Crippen LogP contribution in [0.5, 0.6) is 11.5 Å². The van der Waals surface area contributed by atoms with E-state index in [1.54, 1.807) is 0 Å². The molecule has 0 aliphatic carbocycles. The third kappa shape index (κ3) is 4.91. The second-order valence-corrected chi connectivity index (χ2v) is 22.2. The molecule has 0 amide bonds. The summed E-state index contributed by atoms with van der Waals surface area (Å²) in [6.07, 6.45) is 0.288. The second kappa shape index (κ2) is 8.32. The molecule has 27 heavy (non-hydrogen) atoms. The molecule has 2 unspecified atom stereocenters. The normalized spacial score (nSPS) is 24.1. The van der Waals surface area contributed by atoms with Crippen molar-refractivity contribution in [3.8, 4) is 11.5 Å². The predicted molar refractivity (Wildman–Crippen MR) is 116 cm³/mol. The van der Waals surface area contributed by atoms with E-state index in [4.69, 9.17) is 18.3 Å². The van der Waals surface area contributed by atoms with Gasteiger partial charge in [0.1, 0.15) is 33.5 Å². The average molecular weight is 417 g/mol. The van der Waals surface area contributed by atoms with Gasteiger partial charge in [0.25, 0.3) is 0 Å². The SMILES string of the molecule is CC(C)(c1ccc(OCC2CO2)cc1)c1ccc(O[SiH]2CCO[SiH2][SiH2]2)cc1. The first-order chi connectivity index (χ1) is 13.1. The van der Waals surface area contributed by atoms with Gasteiger partial charge in [0, 0.05) is 12.0 Å². The molecular weight excluding hydrogens is 388 g/mol. The molecule has 2 aliphatic rings. The van der Waals surface area contributed by atoms with Gasteiger partial charge in [-0.05, 0) is 41.4 Å². The van der Waals surface area contributed by atoms with E-state index in [0.717, 1.165) is 24.7 Å². The van der Waals surface area contributed by atoms with Crippen LogP contribution in [0, 0.1) is 0 Å². The molecule has 144 valence electrons. The minimum absolute atomic E-state index is 0.00363. The van der Waals surface area contributed by atoms with E-state index < -0.39 is 8.56 Å². The number of rotatable bonds is 7. The smallest absolute Gasteiger partial charge is 0.214 e. The first-order valence-corrected chi connectivity index (χ1v) is 18.9. The van der Waals surface area contributed by atoms with Gasteiger partial charge in [0.2, 0.25) is 8.56 Å². The van der Waals surface area contributed by atoms with Gasteiger partial charge in [-0.2, -0.15) is 0 Å². The summed E-state index contributed by atoms with van der Waals surface area (Å²) in [4.78, 5) is 0. The van der Waals surface area contributed by atoms with Gasteiger partial charge in [-0.1, -0.05) is 38.1 Å². The number of hydrogen-bond acceptors (Lipinski definition) is 4. The Morgan fingerprint density at radius 1 is 1.04 bits per heavy atom. The minimum Gasteiger partial charge on any atom is -0.550 e. The number of ether oxygens (including phenoxy) is 2. The van der Waals surface area contributed by atoms with E-state index in [9.17, 15) is 0 Å². The van der Waals surface area contributed by atoms with Crippen molar-refractivity contribution in [1.29, 1.82) is 0 Å². The van der Waals surface area contributed by atoms with Crippen LogP contribution in [0.15, 0.2) is 48.5 Å². The zero-order valence-corrected chi connectivity index (χ0v) is 20.1. The number of hydrogen-bond donors (Lipinski definition) is 0. The predicted octanol–water partition coefficient (Wildman–Crippen LogP) is 1.59. The fourth-order valence-corrected chi connectivity index (χ4v) is 17.8. The van der Waals surface area contributed by atoms with Crippen LogP contribution in [-0.2, 0) is 14.6 Å². The van der Waals surface area contributed by atoms with Crippen molar-refractivity contribution in [3.05, 3.63) is 59.7 Å². The third-order valence-corrected chi connectivity index (χ3v) is 21.6. The monoisotopic (exact) mass is 416 g/mol. The zero-order valence-electron chi connectivity index (χ0n) is 16.1. The molecular formula is C20H28O4Si3. The number of epoxide rings is 1. The summed E-state index contributed by atoms with van der Waals surface area (Å²) in [5.41, 5.74) is 2.52. The Morgan fingerprint density at radius 3 is 2.22 bits per heavy atom. The van der Waals surface area contributed by atoms with E-state index in [2.05, 4.69) is 62.4 Å². The summed E-state index contributed by atoms with van der Waals surface area (Å²) in [5.74, 6) is 1.96. The average Bonchev–Trinajstić information content (AvgIpc) is 3.52. The lowest BCUT2D eigenvalue weighted by molar-refractivity contribution is 0.263. The van der Waals surface area contributed by atoms with Gasteiger partial charge in [0.15, 0.2) is 0 Å². The maximum atomic E-state index is 6.32. The van der Waals surface area contributed by atoms with Gasteiger partial charge in [-0.25, -0.2) is 0 Å². The Hall–Kier alpha value is -1.39. The maximum absolute atomic E-state index is 6.32. The van der Waals surface area contributed by atoms with Crippen LogP contribution >= 0.6 is 0 Å². The van der Waals surface area contributed by atoms with Crippen molar-refractivity contribution >= 4 is 26.4 Å². The van der Waals surface area contributed by atoms with Crippen molar-refractivity contribution in [2.75, 3.05) is 19.8 Å². The topological polar surface area (TPSA) is 40.2 Å². The summed E-state index contributed by atoms with van der Waals surface area (Å²) in [6.45, 7) is 6.96. The molecule has 4 rings (SSSR count). The van der Waals surface area contributed by atoms with Crippen molar-refractivity contribution in [1.82, 2.24) is 0 Å². The molecule has 4 nitrogen and oxygen atoms in total. The third-order valence-electron chi connectivity index (χ3n) is 5.46. The Bertz CT molecular complexity index is 739. The van der Waals surface area contributed by atoms with Crippen molar-refractivity contribution < 1.29 is 18.3 Å². The lowest BCUT2D eigenvalue weighted by Gasteiger charge is -2.27. The summed E-state index contributed by atoms with van der Waals surface area (Å²) in [5, 5.41) is 0. The zero-order chi connectivity index (χ0) is 18.7. The van der Waals surface area contributed by atoms with Crippen LogP contribution in [0.3, 0.4) is 0 Å². The molecule has 0 radical (unpaired) electrons. The molecule has 2 saturated heterocycles. The van der Waals surface area contributed by atoms with Gasteiger partial charge in [-0.3, -0.25) is 0 Å². The highest BCUT2D eigenvalue weighted by Crippen LogP contribution is 2.33. The Morgan fingerprint density at radius 2 is 1.67 bits per heavy atom. The Labute approximate surface area is 167 Å². The van der Waals surface area contributed by atoms with Crippen LogP contribution in [0.1, 0.15) is 25.0 Å². The van der Waals surface area contributed by atoms with E-state index in [0.29, 0.717) is 6.61 Å². The summed E-state index contributed by atoms with van der Waals surface area (Å²) in [7, 11) is -1.10. The standard InChI is InChI=1S/C20H28O4Si3/c1-20(2,15-3-7-17(8-4-15)21-13-19-14-22-19)16-5-9-18(10-6-16)24-27-12-11-23-25-26-27/h3-10,19,27H,11-14,25-26H2,1-2H3. The van der Waals surface area contributed by atoms with Crippen LogP contribution in [0.4, 0.5) is 0 Å². The van der Waals surface area contributed by atoms with Crippen molar-refractivity contribution in [2.24, 2.45) is 0 Å². The lowest BCUT2D eigenvalue weighted by Crippen LogP contribution is -2.40. The van der Waals surface area contributed by atoms with Crippen LogP contribution < -0.4 is 9.16 Å². The van der Waals surface area contributed by atoms with Crippen LogP contribution in [-0.4, -0.2) is 52.3 Å². The minimum atomic E-state index is -0.933. The molecule has 2 aliphatic heterocycles. The first-order valence-electron chi connectivity index (χ1n) is 9.81. The van der Waals surface area contributed by atoms with Gasteiger partial charge >= 0.3 is 0 Å². The molecule has 0 spiro atoms. The first kappa shape index (κ1) is 19.0. The largest absolute Gasteiger partial charge is 0.550 e. The fraction of sp³-hybridized carbons (Fsp3) is 0.400. The van der Waals surface area contributed by atoms with Crippen LogP contribution in [0.25, 0.3) is 0 Å². The van der Waals surface area contributed by atoms with Crippen molar-refractivity contribution in [3.63, 3.8) is 0 Å². The molecule has 2 atom stereocenters. The summed E-state index contributed by atoms with van der Waals surface area (Å²) in [6, 6.07) is 18.4. The maximum Gasteiger partial charge on any atom is 0.214 e. The highest BCUT2D eigenvalue weighted by Gasteiger charge is 2.25. The molecule has 2 aromatic carbocycles. The molecule has 2 aromatic rings. The van der Waals surface area contributed by atoms with Gasteiger partial charge < -0.3 is 18.3 Å². The van der Waals surface area contributed by atoms with E-state index in [1.165, 1.54) is 17.2 Å². The lowest BCUT2D eigenvalue weighted by atomic mass is 9.78. The summed E-state index contributed by atoms with van der Waals surface area (Å²) < 4.78 is 22.9. The van der Waals surface area contributed by atoms with Gasteiger partial charge in [-0.15, -0.1) is 0 Å². The molecule has 0 aromatic heterocycles. The fourth-order valence-electron chi connectivity index (χ4n) is 3.42.